The maximum absolute atomic E-state index is 12.4. The van der Waals surface area contributed by atoms with Gasteiger partial charge in [0.2, 0.25) is 0 Å². The molecule has 2 aromatic carbocycles. The molecule has 0 saturated carbocycles. The summed E-state index contributed by atoms with van der Waals surface area (Å²) in [6.07, 6.45) is 1.59. The zero-order chi connectivity index (χ0) is 17.8. The van der Waals surface area contributed by atoms with Crippen LogP contribution in [-0.2, 0) is 0 Å². The summed E-state index contributed by atoms with van der Waals surface area (Å²) >= 11 is 5.84. The first-order chi connectivity index (χ1) is 12.1. The van der Waals surface area contributed by atoms with Gasteiger partial charge in [-0.1, -0.05) is 41.9 Å². The summed E-state index contributed by atoms with van der Waals surface area (Å²) in [6.45, 7) is 3.91. The third-order valence-electron chi connectivity index (χ3n) is 3.94. The Morgan fingerprint density at radius 1 is 1.08 bits per heavy atom. The molecule has 1 aromatic heterocycles. The van der Waals surface area contributed by atoms with Crippen molar-refractivity contribution in [3.63, 3.8) is 0 Å². The van der Waals surface area contributed by atoms with Crippen LogP contribution in [0.15, 0.2) is 65.8 Å². The largest absolute Gasteiger partial charge is 0.318 e. The van der Waals surface area contributed by atoms with Gasteiger partial charge in [-0.15, -0.1) is 0 Å². The van der Waals surface area contributed by atoms with Crippen molar-refractivity contribution < 1.29 is 4.79 Å². The number of rotatable bonds is 4. The van der Waals surface area contributed by atoms with E-state index in [0.717, 1.165) is 22.6 Å². The van der Waals surface area contributed by atoms with E-state index in [4.69, 9.17) is 11.6 Å². The molecule has 0 radical (unpaired) electrons. The Balaban J connectivity index is 1.78. The maximum Gasteiger partial charge on any atom is 0.273 e. The number of halogens is 1. The van der Waals surface area contributed by atoms with E-state index in [1.807, 2.05) is 62.4 Å². The Labute approximate surface area is 151 Å². The number of aryl methyl sites for hydroxylation is 1. The molecule has 1 amide bonds. The molecule has 0 spiro atoms. The van der Waals surface area contributed by atoms with Crippen molar-refractivity contribution in [2.45, 2.75) is 13.8 Å². The number of amides is 1. The summed E-state index contributed by atoms with van der Waals surface area (Å²) in [5.41, 5.74) is 6.95. The summed E-state index contributed by atoms with van der Waals surface area (Å²) in [7, 11) is 0. The minimum Gasteiger partial charge on any atom is -0.318 e. The lowest BCUT2D eigenvalue weighted by molar-refractivity contribution is 0.0954. The fraction of sp³-hybridized carbons (Fsp3) is 0.100. The summed E-state index contributed by atoms with van der Waals surface area (Å²) in [4.78, 5) is 12.4. The number of para-hydroxylation sites is 1. The number of carbonyl (C=O) groups is 1. The molecule has 1 heterocycles. The summed E-state index contributed by atoms with van der Waals surface area (Å²) < 4.78 is 2.05. The van der Waals surface area contributed by atoms with E-state index in [1.54, 1.807) is 18.3 Å². The minimum absolute atomic E-state index is 0.236. The van der Waals surface area contributed by atoms with Gasteiger partial charge in [0.15, 0.2) is 0 Å². The van der Waals surface area contributed by atoms with Crippen molar-refractivity contribution in [1.82, 2.24) is 9.99 Å². The van der Waals surface area contributed by atoms with Crippen molar-refractivity contribution in [3.05, 3.63) is 88.2 Å². The topological polar surface area (TPSA) is 46.4 Å². The number of benzene rings is 2. The van der Waals surface area contributed by atoms with Crippen LogP contribution in [0.2, 0.25) is 5.02 Å². The van der Waals surface area contributed by atoms with Crippen LogP contribution in [0.3, 0.4) is 0 Å². The summed E-state index contributed by atoms with van der Waals surface area (Å²) in [5.74, 6) is -0.236. The zero-order valence-electron chi connectivity index (χ0n) is 14.0. The van der Waals surface area contributed by atoms with Gasteiger partial charge in [0, 0.05) is 22.1 Å². The van der Waals surface area contributed by atoms with E-state index < -0.39 is 0 Å². The van der Waals surface area contributed by atoms with Crippen molar-refractivity contribution in [2.75, 3.05) is 0 Å². The first-order valence-electron chi connectivity index (χ1n) is 7.89. The van der Waals surface area contributed by atoms with E-state index in [0.29, 0.717) is 10.6 Å². The second kappa shape index (κ2) is 7.36. The van der Waals surface area contributed by atoms with Crippen LogP contribution >= 0.6 is 11.6 Å². The zero-order valence-corrected chi connectivity index (χ0v) is 14.8. The molecule has 126 valence electrons. The standard InChI is InChI=1S/C20H18ClN3O/c1-14-12-19(15(2)24(14)18-6-4-3-5-7-18)20(25)23-22-13-16-8-10-17(21)11-9-16/h3-13H,1-2H3,(H,23,25)/b22-13-. The third kappa shape index (κ3) is 3.80. The van der Waals surface area contributed by atoms with Crippen LogP contribution in [0.1, 0.15) is 27.3 Å². The predicted octanol–water partition coefficient (Wildman–Crippen LogP) is 4.51. The Morgan fingerprint density at radius 2 is 1.76 bits per heavy atom. The fourth-order valence-corrected chi connectivity index (χ4v) is 2.87. The highest BCUT2D eigenvalue weighted by atomic mass is 35.5. The van der Waals surface area contributed by atoms with Crippen LogP contribution in [0.5, 0.6) is 0 Å². The highest BCUT2D eigenvalue weighted by Gasteiger charge is 2.16. The smallest absolute Gasteiger partial charge is 0.273 e. The molecule has 0 atom stereocenters. The van der Waals surface area contributed by atoms with E-state index in [9.17, 15) is 4.79 Å². The molecule has 1 N–H and O–H groups in total. The Morgan fingerprint density at radius 3 is 2.44 bits per heavy atom. The van der Waals surface area contributed by atoms with Crippen LogP contribution in [0.4, 0.5) is 0 Å². The first kappa shape index (κ1) is 17.0. The van der Waals surface area contributed by atoms with Crippen LogP contribution in [0.25, 0.3) is 5.69 Å². The molecule has 5 heteroatoms. The van der Waals surface area contributed by atoms with Gasteiger partial charge in [-0.3, -0.25) is 4.79 Å². The Hall–Kier alpha value is -2.85. The Bertz CT molecular complexity index is 912. The molecule has 25 heavy (non-hydrogen) atoms. The van der Waals surface area contributed by atoms with Gasteiger partial charge in [0.1, 0.15) is 0 Å². The van der Waals surface area contributed by atoms with Gasteiger partial charge in [-0.05, 0) is 49.7 Å². The number of hydrogen-bond acceptors (Lipinski definition) is 2. The van der Waals surface area contributed by atoms with Gasteiger partial charge in [-0.2, -0.15) is 5.10 Å². The lowest BCUT2D eigenvalue weighted by Crippen LogP contribution is -2.18. The van der Waals surface area contributed by atoms with Gasteiger partial charge in [0.25, 0.3) is 5.91 Å². The average molecular weight is 352 g/mol. The van der Waals surface area contributed by atoms with Crippen molar-refractivity contribution in [2.24, 2.45) is 5.10 Å². The molecule has 0 fully saturated rings. The molecule has 0 unspecified atom stereocenters. The minimum atomic E-state index is -0.236. The molecule has 0 aliphatic heterocycles. The average Bonchev–Trinajstić information content (AvgIpc) is 2.92. The van der Waals surface area contributed by atoms with E-state index in [2.05, 4.69) is 15.1 Å². The molecule has 3 rings (SSSR count). The second-order valence-corrected chi connectivity index (χ2v) is 6.14. The highest BCUT2D eigenvalue weighted by molar-refractivity contribution is 6.30. The number of hydrogen-bond donors (Lipinski definition) is 1. The van der Waals surface area contributed by atoms with E-state index in [1.165, 1.54) is 0 Å². The molecule has 4 nitrogen and oxygen atoms in total. The van der Waals surface area contributed by atoms with Crippen LogP contribution in [0, 0.1) is 13.8 Å². The van der Waals surface area contributed by atoms with Gasteiger partial charge in [0.05, 0.1) is 11.8 Å². The van der Waals surface area contributed by atoms with Gasteiger partial charge < -0.3 is 4.57 Å². The molecule has 3 aromatic rings. The van der Waals surface area contributed by atoms with Crippen molar-refractivity contribution >= 4 is 23.7 Å². The third-order valence-corrected chi connectivity index (χ3v) is 4.19. The van der Waals surface area contributed by atoms with Gasteiger partial charge in [-0.25, -0.2) is 5.43 Å². The lowest BCUT2D eigenvalue weighted by Gasteiger charge is -2.09. The van der Waals surface area contributed by atoms with E-state index in [-0.39, 0.29) is 5.91 Å². The highest BCUT2D eigenvalue weighted by Crippen LogP contribution is 2.20. The van der Waals surface area contributed by atoms with Gasteiger partial charge >= 0.3 is 0 Å². The molecule has 0 saturated heterocycles. The number of hydrazone groups is 1. The second-order valence-electron chi connectivity index (χ2n) is 5.71. The quantitative estimate of drug-likeness (QED) is 0.545. The lowest BCUT2D eigenvalue weighted by atomic mass is 10.2. The molecular weight excluding hydrogens is 334 g/mol. The monoisotopic (exact) mass is 351 g/mol. The number of aromatic nitrogens is 1. The first-order valence-corrected chi connectivity index (χ1v) is 8.27. The molecule has 0 bridgehead atoms. The molecule has 0 aliphatic rings. The van der Waals surface area contributed by atoms with Crippen LogP contribution in [-0.4, -0.2) is 16.7 Å². The van der Waals surface area contributed by atoms with E-state index >= 15 is 0 Å². The van der Waals surface area contributed by atoms with Crippen molar-refractivity contribution in [3.8, 4) is 5.69 Å². The maximum atomic E-state index is 12.4. The molecular formula is C20H18ClN3O. The number of nitrogens with zero attached hydrogens (tertiary/aromatic N) is 2. The Kier molecular flexibility index (Phi) is 5.00. The summed E-state index contributed by atoms with van der Waals surface area (Å²) in [6, 6.07) is 19.0. The fourth-order valence-electron chi connectivity index (χ4n) is 2.74. The normalized spacial score (nSPS) is 11.0. The predicted molar refractivity (Wildman–Crippen MR) is 102 cm³/mol. The number of carbonyl (C=O) groups excluding carboxylic acids is 1. The number of nitrogens with one attached hydrogen (secondary N) is 1. The van der Waals surface area contributed by atoms with Crippen molar-refractivity contribution in [1.29, 1.82) is 0 Å². The summed E-state index contributed by atoms with van der Waals surface area (Å²) in [5, 5.41) is 4.69. The SMILES string of the molecule is Cc1cc(C(=O)N/N=C\c2ccc(Cl)cc2)c(C)n1-c1ccccc1. The van der Waals surface area contributed by atoms with Crippen LogP contribution < -0.4 is 5.43 Å². The molecule has 0 aliphatic carbocycles.